The summed E-state index contributed by atoms with van der Waals surface area (Å²) in [4.78, 5) is 21.4. The van der Waals surface area contributed by atoms with Crippen LogP contribution in [0.1, 0.15) is 17.5 Å². The van der Waals surface area contributed by atoms with Gasteiger partial charge >= 0.3 is 6.03 Å². The van der Waals surface area contributed by atoms with Crippen molar-refractivity contribution < 1.29 is 9.53 Å². The second-order valence-corrected chi connectivity index (χ2v) is 7.51. The van der Waals surface area contributed by atoms with Gasteiger partial charge in [0.05, 0.1) is 13.3 Å². The fourth-order valence-corrected chi connectivity index (χ4v) is 3.74. The number of pyridine rings is 1. The molecule has 1 aliphatic heterocycles. The summed E-state index contributed by atoms with van der Waals surface area (Å²) in [6.45, 7) is 4.05. The number of methoxy groups -OCH3 is 1. The van der Waals surface area contributed by atoms with E-state index in [-0.39, 0.29) is 6.03 Å². The number of hydrogen-bond acceptors (Lipinski definition) is 3. The monoisotopic (exact) mass is 428 g/mol. The van der Waals surface area contributed by atoms with Crippen LogP contribution in [0.4, 0.5) is 10.6 Å². The van der Waals surface area contributed by atoms with Gasteiger partial charge in [-0.1, -0.05) is 28.1 Å². The van der Waals surface area contributed by atoms with Gasteiger partial charge in [-0.15, -0.1) is 0 Å². The molecule has 0 atom stereocenters. The number of carbonyl (C=O) groups excluding carboxylic acids is 1. The van der Waals surface area contributed by atoms with E-state index < -0.39 is 0 Å². The minimum absolute atomic E-state index is 0.0134. The summed E-state index contributed by atoms with van der Waals surface area (Å²) in [5.41, 5.74) is 3.01. The summed E-state index contributed by atoms with van der Waals surface area (Å²) in [6, 6.07) is 9.84. The molecular weight excluding hydrogens is 408 g/mol. The number of urea groups is 1. The summed E-state index contributed by atoms with van der Waals surface area (Å²) in [7, 11) is 1.65. The number of ether oxygens (including phenoxy) is 1. The van der Waals surface area contributed by atoms with E-state index in [4.69, 9.17) is 4.74 Å². The van der Waals surface area contributed by atoms with Crippen molar-refractivity contribution >= 4 is 33.4 Å². The third-order valence-corrected chi connectivity index (χ3v) is 5.82. The molecule has 140 valence electrons. The van der Waals surface area contributed by atoms with Crippen LogP contribution in [0.15, 0.2) is 47.2 Å². The van der Waals surface area contributed by atoms with Crippen molar-refractivity contribution in [2.75, 3.05) is 25.1 Å². The highest BCUT2D eigenvalue weighted by Gasteiger charge is 2.29. The van der Waals surface area contributed by atoms with Gasteiger partial charge in [0.25, 0.3) is 0 Å². The molecule has 0 spiro atoms. The van der Waals surface area contributed by atoms with Crippen molar-refractivity contribution in [3.8, 4) is 5.75 Å². The number of amides is 2. The molecule has 0 unspecified atom stereocenters. The van der Waals surface area contributed by atoms with Crippen LogP contribution < -0.4 is 9.64 Å². The van der Waals surface area contributed by atoms with Gasteiger partial charge in [-0.25, -0.2) is 9.78 Å². The van der Waals surface area contributed by atoms with Crippen LogP contribution in [-0.4, -0.2) is 40.5 Å². The van der Waals surface area contributed by atoms with E-state index in [0.29, 0.717) is 13.1 Å². The highest BCUT2D eigenvalue weighted by atomic mass is 79.9. The first-order valence-corrected chi connectivity index (χ1v) is 9.69. The number of benzene rings is 1. The summed E-state index contributed by atoms with van der Waals surface area (Å²) in [5.74, 6) is 1.63. The average molecular weight is 429 g/mol. The molecule has 27 heavy (non-hydrogen) atoms. The molecule has 1 aromatic carbocycles. The second kappa shape index (κ2) is 7.23. The van der Waals surface area contributed by atoms with Crippen LogP contribution in [0, 0.1) is 6.92 Å². The Kier molecular flexibility index (Phi) is 4.78. The Bertz CT molecular complexity index is 984. The predicted molar refractivity (Wildman–Crippen MR) is 108 cm³/mol. The molecule has 6 nitrogen and oxygen atoms in total. The Balaban J connectivity index is 1.59. The van der Waals surface area contributed by atoms with E-state index in [2.05, 4.69) is 20.9 Å². The molecule has 2 amide bonds. The number of hydrogen-bond donors (Lipinski definition) is 0. The SMILES string of the molecule is COc1ccc(CN2CCCN(c3cnc4c(C)c(Br)ccn34)C2=O)cc1. The standard InChI is InChI=1S/C20H21BrN4O2/c1-14-17(21)8-11-24-18(12-22-19(14)24)25-10-3-9-23(20(25)26)13-15-4-6-16(27-2)7-5-15/h4-8,11-12H,3,9-10,13H2,1-2H3. The molecule has 3 aromatic rings. The van der Waals surface area contributed by atoms with Crippen LogP contribution in [0.2, 0.25) is 0 Å². The van der Waals surface area contributed by atoms with E-state index >= 15 is 0 Å². The highest BCUT2D eigenvalue weighted by Crippen LogP contribution is 2.27. The number of carbonyl (C=O) groups is 1. The molecule has 2 aromatic heterocycles. The Morgan fingerprint density at radius 3 is 2.70 bits per heavy atom. The first-order valence-electron chi connectivity index (χ1n) is 8.90. The smallest absolute Gasteiger partial charge is 0.325 e. The molecule has 1 saturated heterocycles. The maximum absolute atomic E-state index is 13.1. The summed E-state index contributed by atoms with van der Waals surface area (Å²) >= 11 is 3.54. The van der Waals surface area contributed by atoms with Gasteiger partial charge in [0.15, 0.2) is 0 Å². The topological polar surface area (TPSA) is 50.1 Å². The van der Waals surface area contributed by atoms with Gasteiger partial charge in [0.1, 0.15) is 17.2 Å². The minimum atomic E-state index is 0.0134. The van der Waals surface area contributed by atoms with Crippen LogP contribution >= 0.6 is 15.9 Å². The quantitative estimate of drug-likeness (QED) is 0.623. The zero-order chi connectivity index (χ0) is 19.0. The van der Waals surface area contributed by atoms with E-state index in [1.165, 1.54) is 0 Å². The van der Waals surface area contributed by atoms with Gasteiger partial charge in [0, 0.05) is 35.9 Å². The lowest BCUT2D eigenvalue weighted by molar-refractivity contribution is 0.192. The number of aryl methyl sites for hydroxylation is 1. The summed E-state index contributed by atoms with van der Waals surface area (Å²) < 4.78 is 8.20. The third kappa shape index (κ3) is 3.27. The fraction of sp³-hybridized carbons (Fsp3) is 0.300. The van der Waals surface area contributed by atoms with Gasteiger partial charge in [-0.2, -0.15) is 0 Å². The Labute approximate surface area is 166 Å². The Morgan fingerprint density at radius 2 is 1.96 bits per heavy atom. The van der Waals surface area contributed by atoms with Crippen LogP contribution in [0.5, 0.6) is 5.75 Å². The van der Waals surface area contributed by atoms with Crippen LogP contribution in [0.25, 0.3) is 5.65 Å². The van der Waals surface area contributed by atoms with E-state index in [9.17, 15) is 4.79 Å². The zero-order valence-corrected chi connectivity index (χ0v) is 16.9. The summed E-state index contributed by atoms with van der Waals surface area (Å²) in [6.07, 6.45) is 4.65. The van der Waals surface area contributed by atoms with Crippen molar-refractivity contribution in [2.24, 2.45) is 0 Å². The van der Waals surface area contributed by atoms with Crippen LogP contribution in [-0.2, 0) is 6.54 Å². The van der Waals surface area contributed by atoms with Crippen molar-refractivity contribution in [1.29, 1.82) is 0 Å². The van der Waals surface area contributed by atoms with Gasteiger partial charge in [0.2, 0.25) is 0 Å². The Hall–Kier alpha value is -2.54. The Morgan fingerprint density at radius 1 is 1.19 bits per heavy atom. The lowest BCUT2D eigenvalue weighted by Gasteiger charge is -2.35. The molecule has 0 aliphatic carbocycles. The van der Waals surface area contributed by atoms with E-state index in [1.807, 2.05) is 57.7 Å². The lowest BCUT2D eigenvalue weighted by atomic mass is 10.2. The molecule has 4 rings (SSSR count). The van der Waals surface area contributed by atoms with Crippen molar-refractivity contribution in [2.45, 2.75) is 19.9 Å². The fourth-order valence-electron chi connectivity index (χ4n) is 3.44. The second-order valence-electron chi connectivity index (χ2n) is 6.66. The number of nitrogens with zero attached hydrogens (tertiary/aromatic N) is 4. The largest absolute Gasteiger partial charge is 0.497 e. The number of fused-ring (bicyclic) bond motifs is 1. The molecule has 7 heteroatoms. The lowest BCUT2D eigenvalue weighted by Crippen LogP contribution is -2.49. The van der Waals surface area contributed by atoms with E-state index in [1.54, 1.807) is 13.3 Å². The zero-order valence-electron chi connectivity index (χ0n) is 15.4. The number of rotatable bonds is 4. The molecule has 1 fully saturated rings. The molecule has 0 bridgehead atoms. The van der Waals surface area contributed by atoms with Gasteiger partial charge < -0.3 is 9.64 Å². The van der Waals surface area contributed by atoms with Gasteiger partial charge in [-0.05, 0) is 37.1 Å². The number of aromatic nitrogens is 2. The maximum Gasteiger partial charge on any atom is 0.325 e. The first kappa shape index (κ1) is 17.9. The van der Waals surface area contributed by atoms with Crippen LogP contribution in [0.3, 0.4) is 0 Å². The van der Waals surface area contributed by atoms with Crippen molar-refractivity contribution in [3.05, 3.63) is 58.3 Å². The molecule has 1 aliphatic rings. The number of halogens is 1. The first-order chi connectivity index (χ1) is 13.1. The van der Waals surface area contributed by atoms with Crippen molar-refractivity contribution in [1.82, 2.24) is 14.3 Å². The molecular formula is C20H21BrN4O2. The number of imidazole rings is 1. The maximum atomic E-state index is 13.1. The molecule has 3 heterocycles. The van der Waals surface area contributed by atoms with Crippen molar-refractivity contribution in [3.63, 3.8) is 0 Å². The molecule has 0 saturated carbocycles. The van der Waals surface area contributed by atoms with E-state index in [0.717, 1.165) is 45.8 Å². The number of anilines is 1. The van der Waals surface area contributed by atoms with Gasteiger partial charge in [-0.3, -0.25) is 9.30 Å². The third-order valence-electron chi connectivity index (χ3n) is 4.96. The normalized spacial score (nSPS) is 14.9. The molecule has 0 radical (unpaired) electrons. The molecule has 0 N–H and O–H groups in total. The minimum Gasteiger partial charge on any atom is -0.497 e. The highest BCUT2D eigenvalue weighted by molar-refractivity contribution is 9.10. The predicted octanol–water partition coefficient (Wildman–Crippen LogP) is 4.25. The summed E-state index contributed by atoms with van der Waals surface area (Å²) in [5, 5.41) is 0. The average Bonchev–Trinajstić information content (AvgIpc) is 3.11.